The van der Waals surface area contributed by atoms with Gasteiger partial charge in [0.2, 0.25) is 0 Å². The summed E-state index contributed by atoms with van der Waals surface area (Å²) in [6, 6.07) is 15.4. The van der Waals surface area contributed by atoms with Crippen molar-refractivity contribution < 1.29 is 9.53 Å². The number of aromatic nitrogens is 2. The van der Waals surface area contributed by atoms with Crippen molar-refractivity contribution in [1.82, 2.24) is 9.78 Å². The lowest BCUT2D eigenvalue weighted by molar-refractivity contribution is -0.143. The molecular formula is C20H15BrClN3O3. The van der Waals surface area contributed by atoms with Gasteiger partial charge in [-0.05, 0) is 39.2 Å². The number of rotatable bonds is 5. The second-order valence-corrected chi connectivity index (χ2v) is 7.06. The molecule has 0 bridgehead atoms. The average molecular weight is 461 g/mol. The van der Waals surface area contributed by atoms with Crippen LogP contribution in [-0.4, -0.2) is 22.4 Å². The van der Waals surface area contributed by atoms with Gasteiger partial charge in [0.1, 0.15) is 4.60 Å². The summed E-state index contributed by atoms with van der Waals surface area (Å²) in [6.07, 6.45) is 0. The van der Waals surface area contributed by atoms with Crippen LogP contribution in [0.25, 0.3) is 10.8 Å². The van der Waals surface area contributed by atoms with E-state index >= 15 is 0 Å². The molecule has 0 N–H and O–H groups in total. The SMILES string of the molecule is CCOC(=O)C(C#N)c1c(Cl)c(Br)nn(Cc2cccc3ccccc23)c1=O. The van der Waals surface area contributed by atoms with E-state index < -0.39 is 17.4 Å². The summed E-state index contributed by atoms with van der Waals surface area (Å²) in [5, 5.41) is 15.6. The second kappa shape index (κ2) is 8.55. The van der Waals surface area contributed by atoms with Gasteiger partial charge in [0.25, 0.3) is 5.56 Å². The third kappa shape index (κ3) is 3.79. The van der Waals surface area contributed by atoms with Gasteiger partial charge in [0, 0.05) is 0 Å². The fourth-order valence-electron chi connectivity index (χ4n) is 2.95. The number of carbonyl (C=O) groups excluding carboxylic acids is 1. The number of nitriles is 1. The molecule has 2 aromatic carbocycles. The molecule has 3 aromatic rings. The normalized spacial score (nSPS) is 11.8. The molecule has 142 valence electrons. The number of benzene rings is 2. The third-order valence-corrected chi connectivity index (χ3v) is 5.40. The molecule has 1 unspecified atom stereocenters. The van der Waals surface area contributed by atoms with E-state index in [1.807, 2.05) is 48.5 Å². The molecule has 0 amide bonds. The van der Waals surface area contributed by atoms with Crippen molar-refractivity contribution >= 4 is 44.3 Å². The lowest BCUT2D eigenvalue weighted by Gasteiger charge is -2.14. The molecule has 0 aliphatic carbocycles. The van der Waals surface area contributed by atoms with Crippen LogP contribution in [0.15, 0.2) is 51.9 Å². The molecule has 1 atom stereocenters. The zero-order valence-electron chi connectivity index (χ0n) is 14.9. The molecule has 3 rings (SSSR count). The third-order valence-electron chi connectivity index (χ3n) is 4.23. The van der Waals surface area contributed by atoms with Crippen LogP contribution >= 0.6 is 27.5 Å². The average Bonchev–Trinajstić information content (AvgIpc) is 2.69. The first kappa shape index (κ1) is 20.1. The van der Waals surface area contributed by atoms with Crippen LogP contribution in [0.5, 0.6) is 0 Å². The second-order valence-electron chi connectivity index (χ2n) is 5.93. The number of hydrogen-bond acceptors (Lipinski definition) is 5. The molecular weight excluding hydrogens is 446 g/mol. The first-order valence-electron chi connectivity index (χ1n) is 8.46. The summed E-state index contributed by atoms with van der Waals surface area (Å²) in [5.41, 5.74) is 0.114. The van der Waals surface area contributed by atoms with Gasteiger partial charge in [-0.2, -0.15) is 10.4 Å². The highest BCUT2D eigenvalue weighted by Gasteiger charge is 2.30. The van der Waals surface area contributed by atoms with Gasteiger partial charge in [-0.15, -0.1) is 0 Å². The van der Waals surface area contributed by atoms with Crippen molar-refractivity contribution in [2.45, 2.75) is 19.4 Å². The zero-order chi connectivity index (χ0) is 20.3. The van der Waals surface area contributed by atoms with E-state index in [2.05, 4.69) is 21.0 Å². The van der Waals surface area contributed by atoms with Gasteiger partial charge in [-0.3, -0.25) is 9.59 Å². The van der Waals surface area contributed by atoms with Crippen molar-refractivity contribution in [3.63, 3.8) is 0 Å². The standard InChI is InChI=1S/C20H15BrClN3O3/c1-2-28-20(27)15(10-23)16-17(22)18(21)24-25(19(16)26)11-13-8-5-7-12-6-3-4-9-14(12)13/h3-9,15H,2,11H2,1H3. The molecule has 0 fully saturated rings. The summed E-state index contributed by atoms with van der Waals surface area (Å²) < 4.78 is 6.28. The number of fused-ring (bicyclic) bond motifs is 1. The minimum atomic E-state index is -1.43. The Bertz CT molecular complexity index is 1150. The molecule has 0 aliphatic heterocycles. The summed E-state index contributed by atoms with van der Waals surface area (Å²) in [5.74, 6) is -2.25. The van der Waals surface area contributed by atoms with Crippen molar-refractivity contribution in [1.29, 1.82) is 5.26 Å². The number of esters is 1. The highest BCUT2D eigenvalue weighted by atomic mass is 79.9. The smallest absolute Gasteiger partial charge is 0.328 e. The molecule has 0 aliphatic rings. The number of hydrogen-bond donors (Lipinski definition) is 0. The van der Waals surface area contributed by atoms with Gasteiger partial charge in [-0.1, -0.05) is 54.1 Å². The highest BCUT2D eigenvalue weighted by Crippen LogP contribution is 2.28. The first-order valence-corrected chi connectivity index (χ1v) is 9.64. The van der Waals surface area contributed by atoms with Crippen LogP contribution in [0.3, 0.4) is 0 Å². The predicted molar refractivity (Wildman–Crippen MR) is 109 cm³/mol. The number of halogens is 2. The number of nitrogens with zero attached hydrogens (tertiary/aromatic N) is 3. The summed E-state index contributed by atoms with van der Waals surface area (Å²) in [7, 11) is 0. The van der Waals surface area contributed by atoms with E-state index in [-0.39, 0.29) is 28.3 Å². The Morgan fingerprint density at radius 1 is 1.32 bits per heavy atom. The lowest BCUT2D eigenvalue weighted by Crippen LogP contribution is -2.31. The van der Waals surface area contributed by atoms with Gasteiger partial charge in [-0.25, -0.2) is 4.68 Å². The van der Waals surface area contributed by atoms with Crippen LogP contribution in [0.4, 0.5) is 0 Å². The molecule has 1 aromatic heterocycles. The van der Waals surface area contributed by atoms with E-state index in [1.54, 1.807) is 6.92 Å². The topological polar surface area (TPSA) is 85.0 Å². The van der Waals surface area contributed by atoms with E-state index in [0.29, 0.717) is 0 Å². The molecule has 0 radical (unpaired) electrons. The Kier molecular flexibility index (Phi) is 6.12. The number of carbonyl (C=O) groups is 1. The summed E-state index contributed by atoms with van der Waals surface area (Å²) >= 11 is 9.42. The van der Waals surface area contributed by atoms with Gasteiger partial charge < -0.3 is 4.74 Å². The Hall–Kier alpha value is -2.69. The van der Waals surface area contributed by atoms with Crippen LogP contribution in [-0.2, 0) is 16.1 Å². The molecule has 28 heavy (non-hydrogen) atoms. The van der Waals surface area contributed by atoms with Crippen LogP contribution in [0.1, 0.15) is 24.0 Å². The summed E-state index contributed by atoms with van der Waals surface area (Å²) in [4.78, 5) is 25.2. The van der Waals surface area contributed by atoms with Gasteiger partial charge >= 0.3 is 5.97 Å². The van der Waals surface area contributed by atoms with Crippen LogP contribution in [0, 0.1) is 11.3 Å². The maximum absolute atomic E-state index is 13.0. The minimum Gasteiger partial charge on any atom is -0.465 e. The molecule has 8 heteroatoms. The molecule has 1 heterocycles. The lowest BCUT2D eigenvalue weighted by atomic mass is 10.0. The highest BCUT2D eigenvalue weighted by molar-refractivity contribution is 9.10. The van der Waals surface area contributed by atoms with E-state index in [9.17, 15) is 14.9 Å². The van der Waals surface area contributed by atoms with Gasteiger partial charge in [0.15, 0.2) is 5.92 Å². The first-order chi connectivity index (χ1) is 13.5. The fourth-order valence-corrected chi connectivity index (χ4v) is 3.58. The molecule has 6 nitrogen and oxygen atoms in total. The zero-order valence-corrected chi connectivity index (χ0v) is 17.2. The number of ether oxygens (including phenoxy) is 1. The Balaban J connectivity index is 2.13. The maximum Gasteiger partial charge on any atom is 0.328 e. The van der Waals surface area contributed by atoms with Gasteiger partial charge in [0.05, 0.1) is 29.8 Å². The van der Waals surface area contributed by atoms with Crippen LogP contribution in [0.2, 0.25) is 5.02 Å². The molecule has 0 saturated carbocycles. The molecule has 0 saturated heterocycles. The Morgan fingerprint density at radius 2 is 2.04 bits per heavy atom. The van der Waals surface area contributed by atoms with E-state index in [0.717, 1.165) is 16.3 Å². The Morgan fingerprint density at radius 3 is 2.75 bits per heavy atom. The van der Waals surface area contributed by atoms with Crippen molar-refractivity contribution in [2.24, 2.45) is 0 Å². The summed E-state index contributed by atoms with van der Waals surface area (Å²) in [6.45, 7) is 1.87. The predicted octanol–water partition coefficient (Wildman–Crippen LogP) is 4.03. The maximum atomic E-state index is 13.0. The van der Waals surface area contributed by atoms with E-state index in [1.165, 1.54) is 4.68 Å². The van der Waals surface area contributed by atoms with Crippen LogP contribution < -0.4 is 5.56 Å². The quantitative estimate of drug-likeness (QED) is 0.537. The van der Waals surface area contributed by atoms with Crippen molar-refractivity contribution in [3.8, 4) is 6.07 Å². The van der Waals surface area contributed by atoms with Crippen molar-refractivity contribution in [2.75, 3.05) is 6.61 Å². The van der Waals surface area contributed by atoms with E-state index in [4.69, 9.17) is 16.3 Å². The largest absolute Gasteiger partial charge is 0.465 e. The minimum absolute atomic E-state index is 0.0706. The Labute approximate surface area is 174 Å². The molecule has 0 spiro atoms. The fraction of sp³-hybridized carbons (Fsp3) is 0.200. The van der Waals surface area contributed by atoms with Crippen molar-refractivity contribution in [3.05, 3.63) is 73.6 Å². The monoisotopic (exact) mass is 459 g/mol.